The second-order valence-electron chi connectivity index (χ2n) is 7.98. The van der Waals surface area contributed by atoms with Gasteiger partial charge in [-0.2, -0.15) is 0 Å². The van der Waals surface area contributed by atoms with Crippen molar-refractivity contribution in [3.63, 3.8) is 0 Å². The predicted octanol–water partition coefficient (Wildman–Crippen LogP) is 3.69. The van der Waals surface area contributed by atoms with E-state index in [4.69, 9.17) is 4.98 Å². The number of carbonyl (C=O) groups excluding carboxylic acids is 2. The minimum Gasteiger partial charge on any atom is -0.353 e. The molecule has 2 heterocycles. The lowest BCUT2D eigenvalue weighted by Gasteiger charge is -2.19. The Morgan fingerprint density at radius 2 is 2.10 bits per heavy atom. The molecule has 2 aliphatic carbocycles. The molecule has 2 N–H and O–H groups in total. The van der Waals surface area contributed by atoms with Crippen LogP contribution in [0.2, 0.25) is 0 Å². The van der Waals surface area contributed by atoms with E-state index in [0.29, 0.717) is 29.4 Å². The number of rotatable bonds is 9. The number of thiazole rings is 1. The topological polar surface area (TPSA) is 96.9 Å². The third-order valence-corrected chi connectivity index (χ3v) is 6.63. The van der Waals surface area contributed by atoms with Gasteiger partial charge in [-0.25, -0.2) is 9.97 Å². The van der Waals surface area contributed by atoms with E-state index in [-0.39, 0.29) is 17.5 Å². The van der Waals surface area contributed by atoms with Gasteiger partial charge in [0.25, 0.3) is 5.91 Å². The van der Waals surface area contributed by atoms with Gasteiger partial charge < -0.3 is 5.32 Å². The van der Waals surface area contributed by atoms with Crippen LogP contribution in [0.4, 0.5) is 5.13 Å². The van der Waals surface area contributed by atoms with Crippen LogP contribution in [-0.4, -0.2) is 32.8 Å². The van der Waals surface area contributed by atoms with E-state index in [1.807, 2.05) is 0 Å². The molecule has 7 nitrogen and oxygen atoms in total. The minimum atomic E-state index is -0.298. The van der Waals surface area contributed by atoms with Crippen molar-refractivity contribution in [3.05, 3.63) is 34.9 Å². The SMILES string of the molecule is CCCCCC1c2nc(NC(=O)c3cnccn3)sc2CC1CC(=O)NC1CC1. The van der Waals surface area contributed by atoms with Gasteiger partial charge in [0.2, 0.25) is 5.91 Å². The van der Waals surface area contributed by atoms with E-state index in [0.717, 1.165) is 37.8 Å². The number of hydrogen-bond donors (Lipinski definition) is 2. The van der Waals surface area contributed by atoms with Gasteiger partial charge >= 0.3 is 0 Å². The summed E-state index contributed by atoms with van der Waals surface area (Å²) in [6, 6.07) is 0.401. The zero-order chi connectivity index (χ0) is 20.2. The lowest BCUT2D eigenvalue weighted by Crippen LogP contribution is -2.28. The van der Waals surface area contributed by atoms with Crippen molar-refractivity contribution in [2.75, 3.05) is 5.32 Å². The number of nitrogens with zero attached hydrogens (tertiary/aromatic N) is 3. The number of fused-ring (bicyclic) bond motifs is 1. The maximum atomic E-state index is 12.4. The van der Waals surface area contributed by atoms with Crippen molar-refractivity contribution in [3.8, 4) is 0 Å². The van der Waals surface area contributed by atoms with E-state index in [1.165, 1.54) is 47.6 Å². The van der Waals surface area contributed by atoms with Gasteiger partial charge in [0.05, 0.1) is 11.9 Å². The Balaban J connectivity index is 1.44. The summed E-state index contributed by atoms with van der Waals surface area (Å²) in [7, 11) is 0. The molecule has 2 atom stereocenters. The molecule has 1 fully saturated rings. The Labute approximate surface area is 174 Å². The van der Waals surface area contributed by atoms with E-state index >= 15 is 0 Å². The first-order valence-electron chi connectivity index (χ1n) is 10.5. The fourth-order valence-electron chi connectivity index (χ4n) is 3.99. The van der Waals surface area contributed by atoms with Crippen molar-refractivity contribution in [1.29, 1.82) is 0 Å². The molecular weight excluding hydrogens is 386 g/mol. The summed E-state index contributed by atoms with van der Waals surface area (Å²) < 4.78 is 0. The largest absolute Gasteiger partial charge is 0.353 e. The van der Waals surface area contributed by atoms with Gasteiger partial charge in [0, 0.05) is 35.7 Å². The third-order valence-electron chi connectivity index (χ3n) is 5.62. The second kappa shape index (κ2) is 8.98. The van der Waals surface area contributed by atoms with Crippen LogP contribution in [0.25, 0.3) is 0 Å². The predicted molar refractivity (Wildman–Crippen MR) is 112 cm³/mol. The Bertz CT molecular complexity index is 865. The van der Waals surface area contributed by atoms with Crippen LogP contribution in [0, 0.1) is 5.92 Å². The van der Waals surface area contributed by atoms with E-state index in [2.05, 4.69) is 27.5 Å². The molecule has 2 aromatic rings. The van der Waals surface area contributed by atoms with E-state index in [9.17, 15) is 9.59 Å². The highest BCUT2D eigenvalue weighted by Crippen LogP contribution is 2.46. The van der Waals surface area contributed by atoms with Crippen LogP contribution >= 0.6 is 11.3 Å². The molecule has 2 unspecified atom stereocenters. The first-order chi connectivity index (χ1) is 14.1. The highest BCUT2D eigenvalue weighted by Gasteiger charge is 2.37. The van der Waals surface area contributed by atoms with Crippen LogP contribution in [-0.2, 0) is 11.2 Å². The normalized spacial score (nSPS) is 20.3. The zero-order valence-electron chi connectivity index (χ0n) is 16.7. The quantitative estimate of drug-likeness (QED) is 0.611. The summed E-state index contributed by atoms with van der Waals surface area (Å²) in [5, 5.41) is 6.57. The van der Waals surface area contributed by atoms with Gasteiger partial charge in [0.1, 0.15) is 5.69 Å². The lowest BCUT2D eigenvalue weighted by atomic mass is 9.87. The van der Waals surface area contributed by atoms with Crippen LogP contribution < -0.4 is 10.6 Å². The van der Waals surface area contributed by atoms with Crippen molar-refractivity contribution in [1.82, 2.24) is 20.3 Å². The molecule has 2 amide bonds. The maximum absolute atomic E-state index is 12.4. The first-order valence-corrected chi connectivity index (χ1v) is 11.3. The molecule has 2 aliphatic rings. The monoisotopic (exact) mass is 413 g/mol. The third kappa shape index (κ3) is 4.98. The van der Waals surface area contributed by atoms with Crippen molar-refractivity contribution in [2.24, 2.45) is 5.92 Å². The number of hydrogen-bond acceptors (Lipinski definition) is 6. The minimum absolute atomic E-state index is 0.171. The van der Waals surface area contributed by atoms with Crippen LogP contribution in [0.5, 0.6) is 0 Å². The Morgan fingerprint density at radius 1 is 1.24 bits per heavy atom. The number of carbonyl (C=O) groups is 2. The fraction of sp³-hybridized carbons (Fsp3) is 0.571. The molecular formula is C21H27N5O2S. The summed E-state index contributed by atoms with van der Waals surface area (Å²) in [5.41, 5.74) is 1.35. The molecule has 29 heavy (non-hydrogen) atoms. The number of nitrogens with one attached hydrogen (secondary N) is 2. The summed E-state index contributed by atoms with van der Waals surface area (Å²) in [5.74, 6) is 0.474. The van der Waals surface area contributed by atoms with Crippen molar-refractivity contribution < 1.29 is 9.59 Å². The van der Waals surface area contributed by atoms with Gasteiger partial charge in [-0.05, 0) is 31.6 Å². The average molecular weight is 414 g/mol. The van der Waals surface area contributed by atoms with Crippen LogP contribution in [0.3, 0.4) is 0 Å². The summed E-state index contributed by atoms with van der Waals surface area (Å²) in [6.45, 7) is 2.20. The average Bonchev–Trinajstić information content (AvgIpc) is 3.36. The fourth-order valence-corrected chi connectivity index (χ4v) is 5.11. The second-order valence-corrected chi connectivity index (χ2v) is 9.07. The van der Waals surface area contributed by atoms with Crippen molar-refractivity contribution >= 4 is 28.3 Å². The molecule has 0 aliphatic heterocycles. The molecule has 4 rings (SSSR count). The van der Waals surface area contributed by atoms with Gasteiger partial charge in [-0.1, -0.05) is 26.2 Å². The molecule has 154 valence electrons. The number of anilines is 1. The molecule has 0 saturated heterocycles. The van der Waals surface area contributed by atoms with E-state index < -0.39 is 0 Å². The molecule has 1 saturated carbocycles. The summed E-state index contributed by atoms with van der Waals surface area (Å²) in [6.07, 6.45) is 12.7. The first kappa shape index (κ1) is 19.9. The molecule has 0 bridgehead atoms. The molecule has 2 aromatic heterocycles. The standard InChI is InChI=1S/C21H27N5O2S/c1-2-3-4-5-15-13(11-18(27)24-14-6-7-14)10-17-19(15)25-21(29-17)26-20(28)16-12-22-8-9-23-16/h8-9,12-15H,2-7,10-11H2,1H3,(H,24,27)(H,25,26,28). The Kier molecular flexibility index (Phi) is 6.18. The maximum Gasteiger partial charge on any atom is 0.277 e. The highest BCUT2D eigenvalue weighted by atomic mass is 32.1. The van der Waals surface area contributed by atoms with Gasteiger partial charge in [0.15, 0.2) is 5.13 Å². The Morgan fingerprint density at radius 3 is 2.83 bits per heavy atom. The molecule has 0 spiro atoms. The molecule has 0 radical (unpaired) electrons. The van der Waals surface area contributed by atoms with Crippen LogP contribution in [0.1, 0.15) is 78.8 Å². The molecule has 0 aromatic carbocycles. The number of aromatic nitrogens is 3. The van der Waals surface area contributed by atoms with E-state index in [1.54, 1.807) is 0 Å². The summed E-state index contributed by atoms with van der Waals surface area (Å²) in [4.78, 5) is 38.6. The van der Waals surface area contributed by atoms with Gasteiger partial charge in [-0.15, -0.1) is 11.3 Å². The van der Waals surface area contributed by atoms with Crippen molar-refractivity contribution in [2.45, 2.75) is 70.3 Å². The summed E-state index contributed by atoms with van der Waals surface area (Å²) >= 11 is 1.52. The number of unbranched alkanes of at least 4 members (excludes halogenated alkanes) is 2. The van der Waals surface area contributed by atoms with Crippen LogP contribution in [0.15, 0.2) is 18.6 Å². The van der Waals surface area contributed by atoms with Gasteiger partial charge in [-0.3, -0.25) is 19.9 Å². The number of amides is 2. The Hall–Kier alpha value is -2.35. The smallest absolute Gasteiger partial charge is 0.277 e. The highest BCUT2D eigenvalue weighted by molar-refractivity contribution is 7.16. The molecule has 8 heteroatoms. The lowest BCUT2D eigenvalue weighted by molar-refractivity contribution is -0.122. The zero-order valence-corrected chi connectivity index (χ0v) is 17.5.